The van der Waals surface area contributed by atoms with E-state index in [4.69, 9.17) is 0 Å². The molecule has 1 aromatic heterocycles. The van der Waals surface area contributed by atoms with Crippen molar-refractivity contribution in [3.63, 3.8) is 0 Å². The monoisotopic (exact) mass is 254 g/mol. The maximum atomic E-state index is 12.0. The van der Waals surface area contributed by atoms with Gasteiger partial charge in [-0.3, -0.25) is 4.79 Å². The molecule has 0 saturated carbocycles. The Balaban J connectivity index is 2.45. The minimum atomic E-state index is -0.502. The number of carbonyl (C=O) groups is 1. The summed E-state index contributed by atoms with van der Waals surface area (Å²) in [4.78, 5) is 13.3. The van der Waals surface area contributed by atoms with Gasteiger partial charge < -0.3 is 10.6 Å². The summed E-state index contributed by atoms with van der Waals surface area (Å²) >= 11 is 1.73. The summed E-state index contributed by atoms with van der Waals surface area (Å²) in [7, 11) is 0. The summed E-state index contributed by atoms with van der Waals surface area (Å²) in [6.45, 7) is 8.65. The van der Waals surface area contributed by atoms with Gasteiger partial charge >= 0.3 is 0 Å². The van der Waals surface area contributed by atoms with Gasteiger partial charge in [-0.05, 0) is 38.8 Å². The van der Waals surface area contributed by atoms with Crippen LogP contribution in [0.15, 0.2) is 17.5 Å². The van der Waals surface area contributed by atoms with E-state index in [1.807, 2.05) is 33.8 Å². The molecule has 1 rings (SSSR count). The van der Waals surface area contributed by atoms with Crippen molar-refractivity contribution in [3.05, 3.63) is 22.4 Å². The second-order valence-electron chi connectivity index (χ2n) is 4.81. The minimum absolute atomic E-state index is 0.0587. The second kappa shape index (κ2) is 6.17. The zero-order chi connectivity index (χ0) is 12.9. The topological polar surface area (TPSA) is 41.1 Å². The Bertz CT molecular complexity index is 346. The normalized spacial score (nSPS) is 13.4. The molecule has 0 bridgehead atoms. The third kappa shape index (κ3) is 4.48. The van der Waals surface area contributed by atoms with Crippen LogP contribution in [-0.4, -0.2) is 24.0 Å². The fourth-order valence-electron chi connectivity index (χ4n) is 1.71. The number of amides is 1. The van der Waals surface area contributed by atoms with Crippen molar-refractivity contribution in [1.82, 2.24) is 10.6 Å². The first-order valence-corrected chi connectivity index (χ1v) is 6.92. The van der Waals surface area contributed by atoms with E-state index in [0.717, 1.165) is 13.0 Å². The summed E-state index contributed by atoms with van der Waals surface area (Å²) in [6.07, 6.45) is 0.894. The van der Waals surface area contributed by atoms with Crippen LogP contribution < -0.4 is 10.6 Å². The van der Waals surface area contributed by atoms with Crippen molar-refractivity contribution in [2.24, 2.45) is 0 Å². The van der Waals surface area contributed by atoms with Crippen molar-refractivity contribution >= 4 is 17.2 Å². The van der Waals surface area contributed by atoms with E-state index < -0.39 is 5.54 Å². The van der Waals surface area contributed by atoms with Crippen LogP contribution in [0.3, 0.4) is 0 Å². The van der Waals surface area contributed by atoms with Crippen molar-refractivity contribution in [2.45, 2.75) is 45.7 Å². The maximum absolute atomic E-state index is 12.0. The predicted molar refractivity (Wildman–Crippen MR) is 73.4 cm³/mol. The molecule has 1 aromatic rings. The number of carbonyl (C=O) groups excluding carboxylic acids is 1. The molecule has 1 amide bonds. The molecule has 96 valence electrons. The zero-order valence-corrected chi connectivity index (χ0v) is 11.9. The molecule has 0 aliphatic heterocycles. The zero-order valence-electron chi connectivity index (χ0n) is 11.0. The van der Waals surface area contributed by atoms with Crippen molar-refractivity contribution in [3.8, 4) is 0 Å². The Kier molecular flexibility index (Phi) is 5.15. The lowest BCUT2D eigenvalue weighted by Gasteiger charge is -2.26. The van der Waals surface area contributed by atoms with Gasteiger partial charge in [0, 0.05) is 17.3 Å². The third-order valence-electron chi connectivity index (χ3n) is 2.65. The quantitative estimate of drug-likeness (QED) is 0.817. The number of hydrogen-bond donors (Lipinski definition) is 2. The van der Waals surface area contributed by atoms with Crippen LogP contribution in [0, 0.1) is 0 Å². The van der Waals surface area contributed by atoms with Gasteiger partial charge in [0.2, 0.25) is 5.91 Å². The number of likely N-dealkylation sites (N-methyl/N-ethyl adjacent to an activating group) is 1. The first-order chi connectivity index (χ1) is 7.95. The molecule has 1 atom stereocenters. The van der Waals surface area contributed by atoms with Crippen molar-refractivity contribution < 1.29 is 4.79 Å². The van der Waals surface area contributed by atoms with Crippen LogP contribution in [0.5, 0.6) is 0 Å². The Morgan fingerprint density at radius 2 is 2.24 bits per heavy atom. The predicted octanol–water partition coefficient (Wildman–Crippen LogP) is 2.18. The highest BCUT2D eigenvalue weighted by Gasteiger charge is 2.26. The molecular formula is C13H22N2OS. The van der Waals surface area contributed by atoms with E-state index in [0.29, 0.717) is 0 Å². The van der Waals surface area contributed by atoms with E-state index >= 15 is 0 Å². The van der Waals surface area contributed by atoms with Crippen LogP contribution >= 0.6 is 11.3 Å². The van der Waals surface area contributed by atoms with Crippen LogP contribution in [0.1, 0.15) is 32.6 Å². The van der Waals surface area contributed by atoms with Gasteiger partial charge in [-0.1, -0.05) is 13.0 Å². The van der Waals surface area contributed by atoms with E-state index in [1.165, 1.54) is 4.88 Å². The molecule has 0 saturated heterocycles. The number of thiophene rings is 1. The first-order valence-electron chi connectivity index (χ1n) is 6.04. The average Bonchev–Trinajstić information content (AvgIpc) is 2.69. The fourth-order valence-corrected chi connectivity index (χ4v) is 2.54. The molecule has 0 aliphatic rings. The highest BCUT2D eigenvalue weighted by molar-refractivity contribution is 7.09. The molecular weight excluding hydrogens is 232 g/mol. The average molecular weight is 254 g/mol. The molecule has 1 unspecified atom stereocenters. The molecule has 0 radical (unpaired) electrons. The van der Waals surface area contributed by atoms with Gasteiger partial charge in [0.05, 0.1) is 5.54 Å². The standard InChI is InChI=1S/C13H22N2OS/c1-5-14-13(3,4)12(16)15-10(2)9-11-7-6-8-17-11/h6-8,10,14H,5,9H2,1-4H3,(H,15,16). The Labute approximate surface area is 108 Å². The minimum Gasteiger partial charge on any atom is -0.352 e. The van der Waals surface area contributed by atoms with Gasteiger partial charge in [-0.2, -0.15) is 0 Å². The molecule has 4 heteroatoms. The Hall–Kier alpha value is -0.870. The van der Waals surface area contributed by atoms with Gasteiger partial charge in [-0.15, -0.1) is 11.3 Å². The lowest BCUT2D eigenvalue weighted by atomic mass is 10.0. The summed E-state index contributed by atoms with van der Waals surface area (Å²) < 4.78 is 0. The summed E-state index contributed by atoms with van der Waals surface area (Å²) in [6, 6.07) is 4.30. The van der Waals surface area contributed by atoms with E-state index in [9.17, 15) is 4.79 Å². The van der Waals surface area contributed by atoms with Crippen LogP contribution in [0.4, 0.5) is 0 Å². The smallest absolute Gasteiger partial charge is 0.239 e. The summed E-state index contributed by atoms with van der Waals surface area (Å²) in [5.41, 5.74) is -0.502. The largest absolute Gasteiger partial charge is 0.352 e. The lowest BCUT2D eigenvalue weighted by Crippen LogP contribution is -2.54. The highest BCUT2D eigenvalue weighted by Crippen LogP contribution is 2.11. The van der Waals surface area contributed by atoms with Crippen molar-refractivity contribution in [1.29, 1.82) is 0 Å². The molecule has 0 aromatic carbocycles. The van der Waals surface area contributed by atoms with Gasteiger partial charge in [-0.25, -0.2) is 0 Å². The first kappa shape index (κ1) is 14.2. The molecule has 0 aliphatic carbocycles. The van der Waals surface area contributed by atoms with E-state index in [2.05, 4.69) is 22.1 Å². The Morgan fingerprint density at radius 1 is 1.53 bits per heavy atom. The molecule has 0 fully saturated rings. The van der Waals surface area contributed by atoms with Crippen LogP contribution in [0.2, 0.25) is 0 Å². The highest BCUT2D eigenvalue weighted by atomic mass is 32.1. The molecule has 2 N–H and O–H groups in total. The summed E-state index contributed by atoms with van der Waals surface area (Å²) in [5, 5.41) is 8.29. The van der Waals surface area contributed by atoms with Crippen molar-refractivity contribution in [2.75, 3.05) is 6.54 Å². The van der Waals surface area contributed by atoms with E-state index in [1.54, 1.807) is 11.3 Å². The second-order valence-corrected chi connectivity index (χ2v) is 5.85. The SMILES string of the molecule is CCNC(C)(C)C(=O)NC(C)Cc1cccs1. The molecule has 3 nitrogen and oxygen atoms in total. The van der Waals surface area contributed by atoms with E-state index in [-0.39, 0.29) is 11.9 Å². The summed E-state index contributed by atoms with van der Waals surface area (Å²) in [5.74, 6) is 0.0587. The lowest BCUT2D eigenvalue weighted by molar-refractivity contribution is -0.127. The van der Waals surface area contributed by atoms with Crippen LogP contribution in [0.25, 0.3) is 0 Å². The van der Waals surface area contributed by atoms with Gasteiger partial charge in [0.15, 0.2) is 0 Å². The fraction of sp³-hybridized carbons (Fsp3) is 0.615. The van der Waals surface area contributed by atoms with Gasteiger partial charge in [0.1, 0.15) is 0 Å². The van der Waals surface area contributed by atoms with Crippen LogP contribution in [-0.2, 0) is 11.2 Å². The molecule has 17 heavy (non-hydrogen) atoms. The Morgan fingerprint density at radius 3 is 2.76 bits per heavy atom. The van der Waals surface area contributed by atoms with Gasteiger partial charge in [0.25, 0.3) is 0 Å². The molecule has 1 heterocycles. The molecule has 0 spiro atoms. The number of nitrogens with one attached hydrogen (secondary N) is 2. The maximum Gasteiger partial charge on any atom is 0.239 e. The third-order valence-corrected chi connectivity index (χ3v) is 3.55. The number of hydrogen-bond acceptors (Lipinski definition) is 3. The number of rotatable bonds is 6.